The van der Waals surface area contributed by atoms with Gasteiger partial charge in [-0.2, -0.15) is 17.2 Å². The molecule has 5 rings (SSSR count). The van der Waals surface area contributed by atoms with Crippen molar-refractivity contribution >= 4 is 22.1 Å². The molecule has 0 aliphatic heterocycles. The highest BCUT2D eigenvalue weighted by Gasteiger charge is 2.59. The molecule has 0 spiro atoms. The largest absolute Gasteiger partial charge is 0.465 e. The first kappa shape index (κ1) is 23.1. The maximum absolute atomic E-state index is 13.5. The van der Waals surface area contributed by atoms with Crippen LogP contribution >= 0.6 is 0 Å². The van der Waals surface area contributed by atoms with Crippen LogP contribution < -0.4 is 0 Å². The van der Waals surface area contributed by atoms with Gasteiger partial charge in [0.15, 0.2) is 0 Å². The fourth-order valence-corrected chi connectivity index (χ4v) is 5.48. The summed E-state index contributed by atoms with van der Waals surface area (Å²) in [5.41, 5.74) is -0.182. The van der Waals surface area contributed by atoms with Gasteiger partial charge < -0.3 is 9.47 Å². The highest BCUT2D eigenvalue weighted by molar-refractivity contribution is 7.87. The number of hydrogen-bond acceptors (Lipinski definition) is 6. The average molecular weight is 451 g/mol. The number of hydrogen-bond donors (Lipinski definition) is 1. The molecular formula is C20H28F2O7S. The molecule has 3 saturated carbocycles. The number of allylic oxidation sites excluding steroid dienone is 2. The van der Waals surface area contributed by atoms with Crippen LogP contribution in [0.3, 0.4) is 0 Å². The molecule has 5 aliphatic rings. The molecule has 4 bridgehead atoms. The molecule has 0 amide bonds. The van der Waals surface area contributed by atoms with E-state index in [0.29, 0.717) is 31.4 Å². The van der Waals surface area contributed by atoms with Crippen LogP contribution in [0.5, 0.6) is 0 Å². The van der Waals surface area contributed by atoms with Crippen LogP contribution in [0, 0.1) is 22.7 Å². The third-order valence-corrected chi connectivity index (χ3v) is 7.84. The fraction of sp³-hybridized carbons (Fsp3) is 0.800. The molecule has 10 heteroatoms. The maximum atomic E-state index is 13.5. The molecule has 30 heavy (non-hydrogen) atoms. The topological polar surface area (TPSA) is 107 Å². The van der Waals surface area contributed by atoms with Gasteiger partial charge in [-0.15, -0.1) is 0 Å². The number of carbonyl (C=O) groups excluding carboxylic acids is 2. The van der Waals surface area contributed by atoms with E-state index in [1.807, 2.05) is 20.8 Å². The summed E-state index contributed by atoms with van der Waals surface area (Å²) >= 11 is 0. The summed E-state index contributed by atoms with van der Waals surface area (Å²) in [5.74, 6) is -1.76. The Morgan fingerprint density at radius 2 is 1.80 bits per heavy atom. The third-order valence-electron chi connectivity index (χ3n) is 7.03. The second-order valence-corrected chi connectivity index (χ2v) is 10.7. The van der Waals surface area contributed by atoms with Crippen LogP contribution in [0.1, 0.15) is 65.7 Å². The summed E-state index contributed by atoms with van der Waals surface area (Å²) < 4.78 is 67.5. The number of fused-ring (bicyclic) bond motifs is 1. The van der Waals surface area contributed by atoms with Crippen molar-refractivity contribution in [2.24, 2.45) is 22.7 Å². The second kappa shape index (κ2) is 7.55. The monoisotopic (exact) mass is 450 g/mol. The van der Waals surface area contributed by atoms with E-state index >= 15 is 0 Å². The molecule has 0 aromatic heterocycles. The molecule has 0 radical (unpaired) electrons. The highest BCUT2D eigenvalue weighted by atomic mass is 32.2. The average Bonchev–Trinajstić information content (AvgIpc) is 2.64. The molecule has 0 heterocycles. The molecule has 0 aromatic carbocycles. The van der Waals surface area contributed by atoms with Crippen molar-refractivity contribution < 1.29 is 40.8 Å². The zero-order valence-electron chi connectivity index (χ0n) is 17.4. The molecule has 1 N–H and O–H groups in total. The minimum Gasteiger partial charge on any atom is -0.460 e. The van der Waals surface area contributed by atoms with E-state index in [-0.39, 0.29) is 24.2 Å². The Labute approximate surface area is 174 Å². The lowest BCUT2D eigenvalue weighted by molar-refractivity contribution is -0.170. The van der Waals surface area contributed by atoms with Crippen molar-refractivity contribution in [3.63, 3.8) is 0 Å². The van der Waals surface area contributed by atoms with Crippen LogP contribution in [0.15, 0.2) is 11.3 Å². The molecule has 7 nitrogen and oxygen atoms in total. The zero-order valence-corrected chi connectivity index (χ0v) is 18.2. The summed E-state index contributed by atoms with van der Waals surface area (Å²) in [6.07, 6.45) is 4.53. The van der Waals surface area contributed by atoms with Gasteiger partial charge in [0, 0.05) is 11.8 Å². The van der Waals surface area contributed by atoms with Gasteiger partial charge in [-0.25, -0.2) is 4.79 Å². The van der Waals surface area contributed by atoms with Crippen LogP contribution in [0.2, 0.25) is 0 Å². The molecule has 0 aromatic rings. The predicted octanol–water partition coefficient (Wildman–Crippen LogP) is 3.84. The minimum absolute atomic E-state index is 0.153. The van der Waals surface area contributed by atoms with Gasteiger partial charge >= 0.3 is 27.3 Å². The third kappa shape index (κ3) is 3.77. The van der Waals surface area contributed by atoms with Crippen molar-refractivity contribution in [3.05, 3.63) is 11.3 Å². The maximum Gasteiger partial charge on any atom is 0.465 e. The van der Waals surface area contributed by atoms with E-state index in [9.17, 15) is 26.8 Å². The van der Waals surface area contributed by atoms with Gasteiger partial charge in [-0.05, 0) is 56.4 Å². The quantitative estimate of drug-likeness (QED) is 0.420. The van der Waals surface area contributed by atoms with Gasteiger partial charge in [0.25, 0.3) is 0 Å². The minimum atomic E-state index is -5.91. The molecule has 3 fully saturated rings. The van der Waals surface area contributed by atoms with Gasteiger partial charge in [0.05, 0.1) is 12.0 Å². The first-order valence-corrected chi connectivity index (χ1v) is 11.7. The van der Waals surface area contributed by atoms with E-state index in [2.05, 4.69) is 4.74 Å². The van der Waals surface area contributed by atoms with Crippen molar-refractivity contribution in [2.45, 2.75) is 71.0 Å². The summed E-state index contributed by atoms with van der Waals surface area (Å²) in [5, 5.41) is -5.02. The van der Waals surface area contributed by atoms with Crippen LogP contribution in [0.25, 0.3) is 0 Å². The Morgan fingerprint density at radius 1 is 1.20 bits per heavy atom. The first-order valence-electron chi connectivity index (χ1n) is 10.3. The van der Waals surface area contributed by atoms with Crippen LogP contribution in [0.4, 0.5) is 8.78 Å². The SMILES string of the molecule is CCCC(C)(CC)C(=O)OC1=C2C3CC2CC(COC(=O)C(F)(F)S(=O)(=O)O)(C1)C3. The molecule has 170 valence electrons. The summed E-state index contributed by atoms with van der Waals surface area (Å²) in [7, 11) is -5.91. The lowest BCUT2D eigenvalue weighted by atomic mass is 9.47. The van der Waals surface area contributed by atoms with E-state index in [4.69, 9.17) is 9.29 Å². The molecular weight excluding hydrogens is 422 g/mol. The van der Waals surface area contributed by atoms with Gasteiger partial charge in [-0.3, -0.25) is 9.35 Å². The van der Waals surface area contributed by atoms with E-state index in [1.54, 1.807) is 0 Å². The number of alkyl halides is 2. The second-order valence-electron chi connectivity index (χ2n) is 9.21. The van der Waals surface area contributed by atoms with E-state index in [1.165, 1.54) is 0 Å². The van der Waals surface area contributed by atoms with Gasteiger partial charge in [0.1, 0.15) is 5.76 Å². The van der Waals surface area contributed by atoms with E-state index < -0.39 is 38.8 Å². The number of carbonyl (C=O) groups is 2. The van der Waals surface area contributed by atoms with Crippen LogP contribution in [-0.4, -0.2) is 36.8 Å². The normalized spacial score (nSPS) is 29.8. The lowest BCUT2D eigenvalue weighted by Crippen LogP contribution is -2.52. The highest BCUT2D eigenvalue weighted by Crippen LogP contribution is 2.65. The van der Waals surface area contributed by atoms with Gasteiger partial charge in [0.2, 0.25) is 0 Å². The predicted molar refractivity (Wildman–Crippen MR) is 102 cm³/mol. The fourth-order valence-electron chi connectivity index (χ4n) is 5.21. The van der Waals surface area contributed by atoms with Crippen molar-refractivity contribution in [1.29, 1.82) is 0 Å². The Morgan fingerprint density at radius 3 is 2.30 bits per heavy atom. The number of rotatable bonds is 9. The summed E-state index contributed by atoms with van der Waals surface area (Å²) in [4.78, 5) is 24.4. The van der Waals surface area contributed by atoms with Crippen LogP contribution in [-0.2, 0) is 29.2 Å². The molecule has 3 atom stereocenters. The van der Waals surface area contributed by atoms with Crippen molar-refractivity contribution in [3.8, 4) is 0 Å². The first-order chi connectivity index (χ1) is 13.8. The summed E-state index contributed by atoms with van der Waals surface area (Å²) in [6.45, 7) is 5.36. The lowest BCUT2D eigenvalue weighted by Gasteiger charge is -2.58. The standard InChI is InChI=1S/C20H28F2O7S/c1-4-6-18(3,5-2)16(23)29-14-10-19(8-12-7-13(9-19)15(12)14)11-28-17(24)20(21,22)30(25,26)27/h12-13H,4-11H2,1-3H3,(H,25,26,27). The Hall–Kier alpha value is -1.55. The van der Waals surface area contributed by atoms with Crippen molar-refractivity contribution in [1.82, 2.24) is 0 Å². The summed E-state index contributed by atoms with van der Waals surface area (Å²) in [6, 6.07) is 0. The molecule has 0 saturated heterocycles. The van der Waals surface area contributed by atoms with Crippen molar-refractivity contribution in [2.75, 3.05) is 6.61 Å². The van der Waals surface area contributed by atoms with E-state index in [0.717, 1.165) is 18.4 Å². The number of ether oxygens (including phenoxy) is 2. The smallest absolute Gasteiger partial charge is 0.460 e. The van der Waals surface area contributed by atoms with Gasteiger partial charge in [-0.1, -0.05) is 20.3 Å². The number of esters is 2. The Bertz CT molecular complexity index is 866. The zero-order chi connectivity index (χ0) is 22.5. The Kier molecular flexibility index (Phi) is 5.81. The Balaban J connectivity index is 1.73. The number of halogens is 2. The molecule has 5 aliphatic carbocycles. The molecule has 3 unspecified atom stereocenters.